The van der Waals surface area contributed by atoms with Crippen molar-refractivity contribution in [2.24, 2.45) is 0 Å². The van der Waals surface area contributed by atoms with Gasteiger partial charge >= 0.3 is 0 Å². The van der Waals surface area contributed by atoms with Crippen LogP contribution < -0.4 is 15.4 Å². The number of ether oxygens (including phenoxy) is 1. The van der Waals surface area contributed by atoms with Crippen LogP contribution in [0.15, 0.2) is 18.2 Å². The highest BCUT2D eigenvalue weighted by Gasteiger charge is 2.07. The zero-order valence-electron chi connectivity index (χ0n) is 11.8. The number of halogens is 1. The summed E-state index contributed by atoms with van der Waals surface area (Å²) < 4.78 is 5.20. The Morgan fingerprint density at radius 2 is 2.00 bits per heavy atom. The molecule has 0 fully saturated rings. The lowest BCUT2D eigenvalue weighted by molar-refractivity contribution is 0.0953. The molecule has 0 heterocycles. The van der Waals surface area contributed by atoms with Crippen molar-refractivity contribution >= 4 is 18.3 Å². The number of rotatable bonds is 7. The molecule has 4 nitrogen and oxygen atoms in total. The van der Waals surface area contributed by atoms with E-state index in [4.69, 9.17) is 4.74 Å². The Labute approximate surface area is 121 Å². The van der Waals surface area contributed by atoms with Crippen molar-refractivity contribution in [1.29, 1.82) is 0 Å². The van der Waals surface area contributed by atoms with E-state index in [1.165, 1.54) is 0 Å². The zero-order valence-corrected chi connectivity index (χ0v) is 12.6. The number of benzene rings is 1. The highest BCUT2D eigenvalue weighted by molar-refractivity contribution is 5.94. The van der Waals surface area contributed by atoms with Gasteiger partial charge in [0.2, 0.25) is 0 Å². The van der Waals surface area contributed by atoms with Crippen LogP contribution in [-0.2, 0) is 0 Å². The van der Waals surface area contributed by atoms with E-state index in [0.717, 1.165) is 30.8 Å². The first-order chi connectivity index (χ1) is 8.69. The average molecular weight is 287 g/mol. The van der Waals surface area contributed by atoms with Gasteiger partial charge in [0.05, 0.1) is 7.11 Å². The number of aryl methyl sites for hydroxylation is 1. The van der Waals surface area contributed by atoms with Gasteiger partial charge in [-0.1, -0.05) is 13.0 Å². The van der Waals surface area contributed by atoms with Gasteiger partial charge in [-0.3, -0.25) is 4.79 Å². The molecule has 0 unspecified atom stereocenters. The summed E-state index contributed by atoms with van der Waals surface area (Å²) in [5, 5.41) is 6.11. The second-order valence-corrected chi connectivity index (χ2v) is 4.19. The molecule has 1 aromatic rings. The smallest absolute Gasteiger partial charge is 0.251 e. The molecule has 0 aliphatic rings. The predicted octanol–water partition coefficient (Wildman–Crippen LogP) is 2.15. The van der Waals surface area contributed by atoms with Gasteiger partial charge < -0.3 is 15.4 Å². The largest absolute Gasteiger partial charge is 0.496 e. The number of hydrogen-bond acceptors (Lipinski definition) is 3. The number of carbonyl (C=O) groups excluding carboxylic acids is 1. The molecule has 1 amide bonds. The summed E-state index contributed by atoms with van der Waals surface area (Å²) >= 11 is 0. The predicted molar refractivity (Wildman–Crippen MR) is 80.5 cm³/mol. The monoisotopic (exact) mass is 286 g/mol. The first kappa shape index (κ1) is 17.7. The molecule has 1 aromatic carbocycles. The van der Waals surface area contributed by atoms with Crippen LogP contribution in [0.5, 0.6) is 5.75 Å². The van der Waals surface area contributed by atoms with Gasteiger partial charge in [0.15, 0.2) is 0 Å². The molecule has 108 valence electrons. The molecule has 0 radical (unpaired) electrons. The lowest BCUT2D eigenvalue weighted by Gasteiger charge is -2.09. The van der Waals surface area contributed by atoms with Gasteiger partial charge in [0.1, 0.15) is 5.75 Å². The van der Waals surface area contributed by atoms with Gasteiger partial charge in [-0.25, -0.2) is 0 Å². The lowest BCUT2D eigenvalue weighted by Crippen LogP contribution is -2.32. The Bertz CT molecular complexity index is 397. The third kappa shape index (κ3) is 5.94. The van der Waals surface area contributed by atoms with E-state index < -0.39 is 0 Å². The molecule has 2 N–H and O–H groups in total. The standard InChI is InChI=1S/C14H22N2O2.ClH/c1-4-7-15-8-9-16-14(17)12-6-5-11(2)13(10-12)18-3;/h5-6,10,15H,4,7-9H2,1-3H3,(H,16,17);1H. The van der Waals surface area contributed by atoms with Crippen LogP contribution in [-0.4, -0.2) is 32.7 Å². The fraction of sp³-hybridized carbons (Fsp3) is 0.500. The fourth-order valence-corrected chi connectivity index (χ4v) is 1.63. The van der Waals surface area contributed by atoms with Crippen molar-refractivity contribution in [3.8, 4) is 5.75 Å². The summed E-state index contributed by atoms with van der Waals surface area (Å²) in [5.74, 6) is 0.679. The summed E-state index contributed by atoms with van der Waals surface area (Å²) in [6, 6.07) is 5.47. The van der Waals surface area contributed by atoms with Crippen LogP contribution in [0.3, 0.4) is 0 Å². The van der Waals surface area contributed by atoms with Crippen LogP contribution >= 0.6 is 12.4 Å². The summed E-state index contributed by atoms with van der Waals surface area (Å²) in [6.07, 6.45) is 1.10. The van der Waals surface area contributed by atoms with E-state index in [0.29, 0.717) is 12.1 Å². The Morgan fingerprint density at radius 3 is 2.63 bits per heavy atom. The van der Waals surface area contributed by atoms with Crippen LogP contribution in [0.25, 0.3) is 0 Å². The Hall–Kier alpha value is -1.26. The summed E-state index contributed by atoms with van der Waals surface area (Å²) in [4.78, 5) is 11.9. The number of methoxy groups -OCH3 is 1. The Balaban J connectivity index is 0.00000324. The van der Waals surface area contributed by atoms with Crippen LogP contribution in [0.2, 0.25) is 0 Å². The van der Waals surface area contributed by atoms with Crippen LogP contribution in [0.1, 0.15) is 29.3 Å². The molecular formula is C14H23ClN2O2. The summed E-state index contributed by atoms with van der Waals surface area (Å²) in [5.41, 5.74) is 1.66. The van der Waals surface area contributed by atoms with E-state index in [2.05, 4.69) is 17.6 Å². The highest BCUT2D eigenvalue weighted by Crippen LogP contribution is 2.18. The minimum atomic E-state index is -0.0633. The SMILES string of the molecule is CCCNCCNC(=O)c1ccc(C)c(OC)c1.Cl. The van der Waals surface area contributed by atoms with Crippen LogP contribution in [0.4, 0.5) is 0 Å². The third-order valence-corrected chi connectivity index (χ3v) is 2.68. The van der Waals surface area contributed by atoms with E-state index in [1.807, 2.05) is 19.1 Å². The van der Waals surface area contributed by atoms with E-state index in [-0.39, 0.29) is 18.3 Å². The maximum Gasteiger partial charge on any atom is 0.251 e. The summed E-state index contributed by atoms with van der Waals surface area (Å²) in [7, 11) is 1.61. The number of nitrogens with one attached hydrogen (secondary N) is 2. The molecule has 5 heteroatoms. The second kappa shape index (κ2) is 9.64. The molecule has 19 heavy (non-hydrogen) atoms. The normalized spacial score (nSPS) is 9.63. The fourth-order valence-electron chi connectivity index (χ4n) is 1.63. The molecule has 0 bridgehead atoms. The van der Waals surface area contributed by atoms with Crippen molar-refractivity contribution in [3.63, 3.8) is 0 Å². The molecule has 0 aliphatic heterocycles. The third-order valence-electron chi connectivity index (χ3n) is 2.68. The van der Waals surface area contributed by atoms with Crippen molar-refractivity contribution in [3.05, 3.63) is 29.3 Å². The number of carbonyl (C=O) groups is 1. The van der Waals surface area contributed by atoms with E-state index in [9.17, 15) is 4.79 Å². The topological polar surface area (TPSA) is 50.4 Å². The van der Waals surface area contributed by atoms with Gasteiger partial charge in [-0.2, -0.15) is 0 Å². The highest BCUT2D eigenvalue weighted by atomic mass is 35.5. The molecule has 0 aliphatic carbocycles. The Kier molecular flexibility index (Phi) is 9.00. The van der Waals surface area contributed by atoms with Gasteiger partial charge in [0.25, 0.3) is 5.91 Å². The first-order valence-corrected chi connectivity index (χ1v) is 6.32. The van der Waals surface area contributed by atoms with Gasteiger partial charge in [0, 0.05) is 18.7 Å². The minimum absolute atomic E-state index is 0. The molecule has 0 saturated carbocycles. The summed E-state index contributed by atoms with van der Waals surface area (Å²) in [6.45, 7) is 6.48. The van der Waals surface area contributed by atoms with Crippen molar-refractivity contribution in [1.82, 2.24) is 10.6 Å². The van der Waals surface area contributed by atoms with Crippen molar-refractivity contribution < 1.29 is 9.53 Å². The van der Waals surface area contributed by atoms with E-state index >= 15 is 0 Å². The second-order valence-electron chi connectivity index (χ2n) is 4.19. The van der Waals surface area contributed by atoms with Crippen molar-refractivity contribution in [2.45, 2.75) is 20.3 Å². The van der Waals surface area contributed by atoms with Gasteiger partial charge in [-0.05, 0) is 37.6 Å². The number of amides is 1. The lowest BCUT2D eigenvalue weighted by atomic mass is 10.1. The Morgan fingerprint density at radius 1 is 1.26 bits per heavy atom. The molecule has 0 aromatic heterocycles. The minimum Gasteiger partial charge on any atom is -0.496 e. The molecule has 0 saturated heterocycles. The molecule has 0 spiro atoms. The maximum atomic E-state index is 11.9. The first-order valence-electron chi connectivity index (χ1n) is 6.32. The van der Waals surface area contributed by atoms with Crippen LogP contribution in [0, 0.1) is 6.92 Å². The van der Waals surface area contributed by atoms with Gasteiger partial charge in [-0.15, -0.1) is 12.4 Å². The average Bonchev–Trinajstić information content (AvgIpc) is 2.38. The number of hydrogen-bond donors (Lipinski definition) is 2. The maximum absolute atomic E-state index is 11.9. The molecule has 0 atom stereocenters. The van der Waals surface area contributed by atoms with Crippen molar-refractivity contribution in [2.75, 3.05) is 26.7 Å². The molecular weight excluding hydrogens is 264 g/mol. The molecule has 1 rings (SSSR count). The zero-order chi connectivity index (χ0) is 13.4. The quantitative estimate of drug-likeness (QED) is 0.755. The van der Waals surface area contributed by atoms with E-state index in [1.54, 1.807) is 13.2 Å².